The molecule has 0 aromatic carbocycles. The molecule has 0 bridgehead atoms. The third kappa shape index (κ3) is 4.48. The number of carbonyl (C=O) groups excluding carboxylic acids is 4. The van der Waals surface area contributed by atoms with Crippen LogP contribution in [-0.2, 0) is 23.9 Å². The smallest absolute Gasteiger partial charge is 0.307 e. The SMILES string of the molecule is CCCC(=O)OC(CC(=O)CN)(C(=O)CN)C(=O)CN. The first-order chi connectivity index (χ1) is 9.37. The Morgan fingerprint density at radius 3 is 1.80 bits per heavy atom. The van der Waals surface area contributed by atoms with Crippen molar-refractivity contribution in [2.45, 2.75) is 31.8 Å². The zero-order valence-corrected chi connectivity index (χ0v) is 11.5. The summed E-state index contributed by atoms with van der Waals surface area (Å²) >= 11 is 0. The molecule has 0 aliphatic heterocycles. The third-order valence-electron chi connectivity index (χ3n) is 2.69. The molecule has 0 radical (unpaired) electrons. The molecule has 0 aromatic heterocycles. The number of ether oxygens (including phenoxy) is 1. The first kappa shape index (κ1) is 18.4. The van der Waals surface area contributed by atoms with Gasteiger partial charge in [0.15, 0.2) is 17.3 Å². The lowest BCUT2D eigenvalue weighted by Gasteiger charge is -2.29. The van der Waals surface area contributed by atoms with Crippen LogP contribution in [0.3, 0.4) is 0 Å². The van der Waals surface area contributed by atoms with Crippen molar-refractivity contribution in [2.75, 3.05) is 19.6 Å². The number of hydrogen-bond donors (Lipinski definition) is 3. The van der Waals surface area contributed by atoms with E-state index in [0.29, 0.717) is 6.42 Å². The molecular weight excluding hydrogens is 266 g/mol. The Morgan fingerprint density at radius 2 is 1.45 bits per heavy atom. The summed E-state index contributed by atoms with van der Waals surface area (Å²) in [5.74, 6) is -3.09. The molecule has 0 aliphatic carbocycles. The van der Waals surface area contributed by atoms with E-state index in [4.69, 9.17) is 21.9 Å². The van der Waals surface area contributed by atoms with E-state index in [0.717, 1.165) is 0 Å². The first-order valence-corrected chi connectivity index (χ1v) is 6.28. The summed E-state index contributed by atoms with van der Waals surface area (Å²) in [5.41, 5.74) is 13.4. The maximum absolute atomic E-state index is 12.0. The van der Waals surface area contributed by atoms with E-state index in [1.165, 1.54) is 0 Å². The summed E-state index contributed by atoms with van der Waals surface area (Å²) in [4.78, 5) is 47.0. The second-order valence-corrected chi connectivity index (χ2v) is 4.23. The van der Waals surface area contributed by atoms with Gasteiger partial charge in [0, 0.05) is 6.42 Å². The molecule has 114 valence electrons. The zero-order chi connectivity index (χ0) is 15.8. The van der Waals surface area contributed by atoms with Crippen LogP contribution in [0.2, 0.25) is 0 Å². The van der Waals surface area contributed by atoms with E-state index in [9.17, 15) is 19.2 Å². The fourth-order valence-electron chi connectivity index (χ4n) is 1.63. The molecule has 0 spiro atoms. The van der Waals surface area contributed by atoms with Gasteiger partial charge in [-0.15, -0.1) is 0 Å². The lowest BCUT2D eigenvalue weighted by Crippen LogP contribution is -2.56. The van der Waals surface area contributed by atoms with Gasteiger partial charge in [-0.3, -0.25) is 19.2 Å². The lowest BCUT2D eigenvalue weighted by molar-refractivity contribution is -0.174. The second kappa shape index (κ2) is 8.51. The van der Waals surface area contributed by atoms with Crippen LogP contribution >= 0.6 is 0 Å². The van der Waals surface area contributed by atoms with Crippen molar-refractivity contribution in [3.8, 4) is 0 Å². The monoisotopic (exact) mass is 287 g/mol. The average Bonchev–Trinajstić information content (AvgIpc) is 2.44. The van der Waals surface area contributed by atoms with Crippen LogP contribution in [-0.4, -0.2) is 48.6 Å². The van der Waals surface area contributed by atoms with Gasteiger partial charge in [0.2, 0.25) is 5.60 Å². The van der Waals surface area contributed by atoms with E-state index in [1.807, 2.05) is 0 Å². The summed E-state index contributed by atoms with van der Waals surface area (Å²) in [6, 6.07) is 0. The molecule has 0 aliphatic rings. The van der Waals surface area contributed by atoms with Gasteiger partial charge in [0.25, 0.3) is 0 Å². The highest BCUT2D eigenvalue weighted by Crippen LogP contribution is 2.21. The molecule has 0 amide bonds. The summed E-state index contributed by atoms with van der Waals surface area (Å²) in [6.07, 6.45) is -0.160. The number of hydrogen-bond acceptors (Lipinski definition) is 8. The first-order valence-electron chi connectivity index (χ1n) is 6.28. The van der Waals surface area contributed by atoms with E-state index in [-0.39, 0.29) is 13.0 Å². The molecule has 8 heteroatoms. The van der Waals surface area contributed by atoms with E-state index in [2.05, 4.69) is 0 Å². The molecular formula is C12H21N3O5. The van der Waals surface area contributed by atoms with Crippen LogP contribution in [0.25, 0.3) is 0 Å². The average molecular weight is 287 g/mol. The Bertz CT molecular complexity index is 379. The van der Waals surface area contributed by atoms with Crippen molar-refractivity contribution in [3.05, 3.63) is 0 Å². The summed E-state index contributed by atoms with van der Waals surface area (Å²) in [7, 11) is 0. The predicted molar refractivity (Wildman–Crippen MR) is 70.5 cm³/mol. The molecule has 8 nitrogen and oxygen atoms in total. The van der Waals surface area contributed by atoms with Crippen molar-refractivity contribution in [1.29, 1.82) is 0 Å². The maximum Gasteiger partial charge on any atom is 0.307 e. The zero-order valence-electron chi connectivity index (χ0n) is 11.5. The fraction of sp³-hybridized carbons (Fsp3) is 0.667. The van der Waals surface area contributed by atoms with Gasteiger partial charge in [-0.1, -0.05) is 6.92 Å². The number of rotatable bonds is 10. The standard InChI is InChI=1S/C12H21N3O5/c1-2-3-11(19)20-12(9(17)6-14,10(18)7-15)4-8(16)5-13/h2-7,13-15H2,1H3. The molecule has 0 atom stereocenters. The van der Waals surface area contributed by atoms with Gasteiger partial charge < -0.3 is 21.9 Å². The molecule has 0 aromatic rings. The quantitative estimate of drug-likeness (QED) is 0.309. The van der Waals surface area contributed by atoms with Crippen molar-refractivity contribution in [1.82, 2.24) is 0 Å². The topological polar surface area (TPSA) is 156 Å². The molecule has 0 unspecified atom stereocenters. The minimum atomic E-state index is -2.24. The Hall–Kier alpha value is -1.64. The van der Waals surface area contributed by atoms with Crippen LogP contribution in [0.15, 0.2) is 0 Å². The van der Waals surface area contributed by atoms with Gasteiger partial charge in [-0.2, -0.15) is 0 Å². The summed E-state index contributed by atoms with van der Waals surface area (Å²) < 4.78 is 4.98. The lowest BCUT2D eigenvalue weighted by atomic mass is 9.86. The Kier molecular flexibility index (Phi) is 7.82. The van der Waals surface area contributed by atoms with Crippen LogP contribution < -0.4 is 17.2 Å². The molecule has 0 rings (SSSR count). The largest absolute Gasteiger partial charge is 0.442 e. The Balaban J connectivity index is 5.53. The minimum Gasteiger partial charge on any atom is -0.442 e. The number of nitrogens with two attached hydrogens (primary N) is 3. The van der Waals surface area contributed by atoms with E-state index >= 15 is 0 Å². The van der Waals surface area contributed by atoms with E-state index < -0.39 is 48.4 Å². The van der Waals surface area contributed by atoms with Crippen molar-refractivity contribution < 1.29 is 23.9 Å². The molecule has 0 heterocycles. The van der Waals surface area contributed by atoms with Gasteiger partial charge >= 0.3 is 5.97 Å². The third-order valence-corrected chi connectivity index (χ3v) is 2.69. The molecule has 20 heavy (non-hydrogen) atoms. The van der Waals surface area contributed by atoms with Crippen LogP contribution in [0.5, 0.6) is 0 Å². The molecule has 0 fully saturated rings. The van der Waals surface area contributed by atoms with Crippen LogP contribution in [0, 0.1) is 0 Å². The number of Topliss-reactive ketones (excluding diaryl/α,β-unsaturated/α-hetero) is 3. The van der Waals surface area contributed by atoms with Gasteiger partial charge in [-0.05, 0) is 6.42 Å². The fourth-order valence-corrected chi connectivity index (χ4v) is 1.63. The summed E-state index contributed by atoms with van der Waals surface area (Å²) in [6.45, 7) is 0.234. The van der Waals surface area contributed by atoms with Crippen LogP contribution in [0.4, 0.5) is 0 Å². The second-order valence-electron chi connectivity index (χ2n) is 4.23. The van der Waals surface area contributed by atoms with Crippen LogP contribution in [0.1, 0.15) is 26.2 Å². The highest BCUT2D eigenvalue weighted by atomic mass is 16.6. The number of esters is 1. The van der Waals surface area contributed by atoms with Gasteiger partial charge in [0.1, 0.15) is 0 Å². The predicted octanol–water partition coefficient (Wildman–Crippen LogP) is -1.96. The minimum absolute atomic E-state index is 0.00820. The van der Waals surface area contributed by atoms with Crippen molar-refractivity contribution >= 4 is 23.3 Å². The summed E-state index contributed by atoms with van der Waals surface area (Å²) in [5, 5.41) is 0. The van der Waals surface area contributed by atoms with Gasteiger partial charge in [-0.25, -0.2) is 0 Å². The van der Waals surface area contributed by atoms with Gasteiger partial charge in [0.05, 0.1) is 26.1 Å². The number of ketones is 3. The van der Waals surface area contributed by atoms with Crippen molar-refractivity contribution in [3.63, 3.8) is 0 Å². The molecule has 6 N–H and O–H groups in total. The molecule has 0 saturated heterocycles. The normalized spacial score (nSPS) is 11.0. The maximum atomic E-state index is 12.0. The highest BCUT2D eigenvalue weighted by Gasteiger charge is 2.48. The highest BCUT2D eigenvalue weighted by molar-refractivity contribution is 6.15. The number of carbonyl (C=O) groups is 4. The van der Waals surface area contributed by atoms with Crippen molar-refractivity contribution in [2.24, 2.45) is 17.2 Å². The van der Waals surface area contributed by atoms with E-state index in [1.54, 1.807) is 6.92 Å². The Morgan fingerprint density at radius 1 is 0.950 bits per heavy atom. The molecule has 0 saturated carbocycles. The Labute approximate surface area is 117 Å².